The number of rotatable bonds is 8. The van der Waals surface area contributed by atoms with Crippen LogP contribution in [0.2, 0.25) is 0 Å². The molecule has 1 N–H and O–H groups in total. The number of hydrogen-bond donors (Lipinski definition) is 1. The number of likely N-dealkylation sites (tertiary alicyclic amines) is 1. The van der Waals surface area contributed by atoms with E-state index in [0.29, 0.717) is 11.2 Å². The molecule has 5 rings (SSSR count). The molecule has 4 heterocycles. The van der Waals surface area contributed by atoms with Gasteiger partial charge in [-0.1, -0.05) is 0 Å². The number of halogens is 1. The van der Waals surface area contributed by atoms with Gasteiger partial charge in [0.1, 0.15) is 17.9 Å². The standard InChI is InChI=1S/C28H40FN7O2/c1-19(2)36(20(3)4)27(37)23-13-22(29)5-6-24(23)38-26-25(31-18-32-33-26)35-16-28(17-35)8-11-34(12-9-28)15-21-7-10-30-14-21/h5-6,13,18-21,30H,7-12,14-17H2,1-4H3/t21-/m0/s1. The lowest BCUT2D eigenvalue weighted by molar-refractivity contribution is 0.0640. The monoisotopic (exact) mass is 525 g/mol. The summed E-state index contributed by atoms with van der Waals surface area (Å²) in [5.74, 6) is 1.09. The van der Waals surface area contributed by atoms with Gasteiger partial charge in [0.05, 0.1) is 5.56 Å². The molecule has 0 unspecified atom stereocenters. The van der Waals surface area contributed by atoms with Crippen LogP contribution in [0.1, 0.15) is 57.3 Å². The number of anilines is 1. The number of carbonyl (C=O) groups excluding carboxylic acids is 1. The molecule has 1 atom stereocenters. The van der Waals surface area contributed by atoms with Gasteiger partial charge in [-0.25, -0.2) is 9.37 Å². The minimum absolute atomic E-state index is 0.0501. The van der Waals surface area contributed by atoms with E-state index in [2.05, 4.69) is 30.3 Å². The van der Waals surface area contributed by atoms with Gasteiger partial charge in [0, 0.05) is 37.1 Å². The third kappa shape index (κ3) is 5.61. The number of carbonyl (C=O) groups is 1. The predicted octanol–water partition coefficient (Wildman–Crippen LogP) is 3.57. The quantitative estimate of drug-likeness (QED) is 0.560. The smallest absolute Gasteiger partial charge is 0.282 e. The summed E-state index contributed by atoms with van der Waals surface area (Å²) in [5.41, 5.74) is 0.451. The molecule has 206 valence electrons. The molecule has 10 heteroatoms. The van der Waals surface area contributed by atoms with Crippen LogP contribution in [0.4, 0.5) is 10.2 Å². The Morgan fingerprint density at radius 1 is 1.21 bits per heavy atom. The highest BCUT2D eigenvalue weighted by Gasteiger charge is 2.46. The van der Waals surface area contributed by atoms with Crippen molar-refractivity contribution < 1.29 is 13.9 Å². The van der Waals surface area contributed by atoms with E-state index in [-0.39, 0.29) is 35.2 Å². The van der Waals surface area contributed by atoms with Gasteiger partial charge < -0.3 is 24.8 Å². The average molecular weight is 526 g/mol. The van der Waals surface area contributed by atoms with Crippen LogP contribution in [0.5, 0.6) is 11.6 Å². The summed E-state index contributed by atoms with van der Waals surface area (Å²) in [6.45, 7) is 15.3. The maximum absolute atomic E-state index is 14.2. The average Bonchev–Trinajstić information content (AvgIpc) is 3.37. The topological polar surface area (TPSA) is 86.7 Å². The number of aromatic nitrogens is 3. The Bertz CT molecular complexity index is 1110. The van der Waals surface area contributed by atoms with Gasteiger partial charge in [-0.15, -0.1) is 10.2 Å². The molecule has 0 saturated carbocycles. The van der Waals surface area contributed by atoms with Gasteiger partial charge in [0.15, 0.2) is 5.82 Å². The first-order chi connectivity index (χ1) is 18.2. The Balaban J connectivity index is 1.27. The first-order valence-electron chi connectivity index (χ1n) is 13.9. The second-order valence-electron chi connectivity index (χ2n) is 11.7. The van der Waals surface area contributed by atoms with E-state index in [0.717, 1.165) is 45.2 Å². The van der Waals surface area contributed by atoms with Crippen molar-refractivity contribution >= 4 is 11.7 Å². The van der Waals surface area contributed by atoms with Crippen LogP contribution in [0.15, 0.2) is 24.5 Å². The third-order valence-electron chi connectivity index (χ3n) is 8.24. The lowest BCUT2D eigenvalue weighted by Gasteiger charge is -2.54. The van der Waals surface area contributed by atoms with Crippen molar-refractivity contribution in [2.75, 3.05) is 50.7 Å². The summed E-state index contributed by atoms with van der Waals surface area (Å²) in [4.78, 5) is 24.4. The molecule has 1 aromatic heterocycles. The zero-order valence-corrected chi connectivity index (χ0v) is 23.0. The molecule has 0 radical (unpaired) electrons. The Kier molecular flexibility index (Phi) is 7.81. The maximum Gasteiger partial charge on any atom is 0.282 e. The van der Waals surface area contributed by atoms with Gasteiger partial charge in [0.25, 0.3) is 11.8 Å². The highest BCUT2D eigenvalue weighted by molar-refractivity contribution is 5.97. The van der Waals surface area contributed by atoms with Crippen molar-refractivity contribution in [2.45, 2.75) is 59.0 Å². The minimum atomic E-state index is -0.495. The molecule has 3 aliphatic heterocycles. The van der Waals surface area contributed by atoms with E-state index < -0.39 is 5.82 Å². The summed E-state index contributed by atoms with van der Waals surface area (Å²) in [5, 5.41) is 11.6. The molecule has 0 bridgehead atoms. The zero-order valence-electron chi connectivity index (χ0n) is 23.0. The maximum atomic E-state index is 14.2. The van der Waals surface area contributed by atoms with E-state index in [4.69, 9.17) is 4.74 Å². The Labute approximate surface area is 224 Å². The van der Waals surface area contributed by atoms with Crippen LogP contribution in [0, 0.1) is 17.2 Å². The van der Waals surface area contributed by atoms with Gasteiger partial charge in [-0.05, 0) is 97.3 Å². The van der Waals surface area contributed by atoms with Gasteiger partial charge >= 0.3 is 0 Å². The van der Waals surface area contributed by atoms with Crippen LogP contribution in [-0.2, 0) is 0 Å². The molecular weight excluding hydrogens is 485 g/mol. The van der Waals surface area contributed by atoms with Crippen molar-refractivity contribution in [3.63, 3.8) is 0 Å². The molecule has 9 nitrogen and oxygen atoms in total. The van der Waals surface area contributed by atoms with Gasteiger partial charge in [-0.2, -0.15) is 0 Å². The summed E-state index contributed by atoms with van der Waals surface area (Å²) in [6, 6.07) is 3.90. The van der Waals surface area contributed by atoms with Crippen LogP contribution < -0.4 is 15.0 Å². The molecule has 38 heavy (non-hydrogen) atoms. The fraction of sp³-hybridized carbons (Fsp3) is 0.643. The molecule has 1 aromatic carbocycles. The van der Waals surface area contributed by atoms with Crippen molar-refractivity contribution in [3.05, 3.63) is 35.9 Å². The first kappa shape index (κ1) is 26.7. The minimum Gasteiger partial charge on any atom is -0.434 e. The first-order valence-corrected chi connectivity index (χ1v) is 13.9. The molecule has 2 aromatic rings. The summed E-state index contributed by atoms with van der Waals surface area (Å²) < 4.78 is 20.4. The second-order valence-corrected chi connectivity index (χ2v) is 11.7. The number of nitrogens with one attached hydrogen (secondary N) is 1. The van der Waals surface area contributed by atoms with Gasteiger partial charge in [-0.3, -0.25) is 4.79 Å². The SMILES string of the molecule is CC(C)N(C(=O)c1cc(F)ccc1Oc1nncnc1N1CC2(CCN(C[C@H]3CCNC3)CC2)C1)C(C)C. The summed E-state index contributed by atoms with van der Waals surface area (Å²) in [7, 11) is 0. The lowest BCUT2D eigenvalue weighted by Crippen LogP contribution is -2.61. The van der Waals surface area contributed by atoms with Crippen molar-refractivity contribution in [3.8, 4) is 11.6 Å². The van der Waals surface area contributed by atoms with Crippen molar-refractivity contribution in [1.82, 2.24) is 30.3 Å². The summed E-state index contributed by atoms with van der Waals surface area (Å²) >= 11 is 0. The fourth-order valence-corrected chi connectivity index (χ4v) is 6.28. The molecule has 3 aliphatic rings. The second kappa shape index (κ2) is 11.1. The Hall–Kier alpha value is -2.85. The molecule has 1 amide bonds. The predicted molar refractivity (Wildman–Crippen MR) is 144 cm³/mol. The van der Waals surface area contributed by atoms with Crippen LogP contribution in [-0.4, -0.2) is 88.8 Å². The largest absolute Gasteiger partial charge is 0.434 e. The highest BCUT2D eigenvalue weighted by atomic mass is 19.1. The molecule has 3 fully saturated rings. The third-order valence-corrected chi connectivity index (χ3v) is 8.24. The number of nitrogens with zero attached hydrogens (tertiary/aromatic N) is 6. The number of piperidine rings is 1. The molecule has 3 saturated heterocycles. The normalized spacial score (nSPS) is 21.2. The number of benzene rings is 1. The zero-order chi connectivity index (χ0) is 26.9. The lowest BCUT2D eigenvalue weighted by atomic mass is 9.72. The number of amides is 1. The molecule has 0 aliphatic carbocycles. The van der Waals surface area contributed by atoms with Crippen molar-refractivity contribution in [1.29, 1.82) is 0 Å². The fourth-order valence-electron chi connectivity index (χ4n) is 6.28. The van der Waals surface area contributed by atoms with Crippen LogP contribution in [0.25, 0.3) is 0 Å². The van der Waals surface area contributed by atoms with E-state index in [1.165, 1.54) is 50.3 Å². The number of hydrogen-bond acceptors (Lipinski definition) is 8. The number of ether oxygens (including phenoxy) is 1. The Morgan fingerprint density at radius 2 is 1.95 bits per heavy atom. The van der Waals surface area contributed by atoms with Gasteiger partial charge in [0.2, 0.25) is 0 Å². The van der Waals surface area contributed by atoms with E-state index >= 15 is 0 Å². The van der Waals surface area contributed by atoms with Crippen molar-refractivity contribution in [2.24, 2.45) is 11.3 Å². The summed E-state index contributed by atoms with van der Waals surface area (Å²) in [6.07, 6.45) is 5.05. The van der Waals surface area contributed by atoms with Crippen LogP contribution >= 0.6 is 0 Å². The molecular formula is C28H40FN7O2. The highest BCUT2D eigenvalue weighted by Crippen LogP contribution is 2.44. The van der Waals surface area contributed by atoms with Crippen LogP contribution in [0.3, 0.4) is 0 Å². The van der Waals surface area contributed by atoms with E-state index in [1.807, 2.05) is 27.7 Å². The van der Waals surface area contributed by atoms with E-state index in [9.17, 15) is 9.18 Å². The molecule has 1 spiro atoms. The van der Waals surface area contributed by atoms with E-state index in [1.54, 1.807) is 4.90 Å². The Morgan fingerprint density at radius 3 is 2.61 bits per heavy atom.